The Morgan fingerprint density at radius 2 is 1.95 bits per heavy atom. The zero-order valence-electron chi connectivity index (χ0n) is 11.4. The van der Waals surface area contributed by atoms with Gasteiger partial charge in [-0.1, -0.05) is 24.3 Å². The van der Waals surface area contributed by atoms with Crippen LogP contribution >= 0.6 is 22.6 Å². The Hall–Kier alpha value is -1.56. The van der Waals surface area contributed by atoms with E-state index in [1.165, 1.54) is 0 Å². The van der Waals surface area contributed by atoms with E-state index in [0.29, 0.717) is 0 Å². The van der Waals surface area contributed by atoms with Crippen molar-refractivity contribution in [1.82, 2.24) is 0 Å². The molecule has 0 saturated heterocycles. The summed E-state index contributed by atoms with van der Waals surface area (Å²) in [5, 5.41) is 2.85. The van der Waals surface area contributed by atoms with Crippen molar-refractivity contribution in [3.63, 3.8) is 0 Å². The number of anilines is 1. The summed E-state index contributed by atoms with van der Waals surface area (Å²) in [4.78, 5) is 12.1. The van der Waals surface area contributed by atoms with Gasteiger partial charge in [-0.05, 0) is 66.3 Å². The predicted molar refractivity (Wildman–Crippen MR) is 89.1 cm³/mol. The summed E-state index contributed by atoms with van der Waals surface area (Å²) in [7, 11) is 0. The molecule has 2 aromatic rings. The van der Waals surface area contributed by atoms with Crippen LogP contribution in [0, 0.1) is 10.5 Å². The fourth-order valence-electron chi connectivity index (χ4n) is 1.74. The van der Waals surface area contributed by atoms with E-state index in [1.54, 1.807) is 6.92 Å². The first-order valence-electron chi connectivity index (χ1n) is 6.35. The Morgan fingerprint density at radius 3 is 2.65 bits per heavy atom. The highest BCUT2D eigenvalue weighted by Crippen LogP contribution is 2.18. The van der Waals surface area contributed by atoms with Crippen LogP contribution in [0.25, 0.3) is 0 Å². The van der Waals surface area contributed by atoms with E-state index in [1.807, 2.05) is 55.5 Å². The van der Waals surface area contributed by atoms with Crippen LogP contribution in [0.1, 0.15) is 12.5 Å². The number of aryl methyl sites for hydroxylation is 1. The van der Waals surface area contributed by atoms with E-state index in [4.69, 9.17) is 4.74 Å². The molecule has 0 unspecified atom stereocenters. The summed E-state index contributed by atoms with van der Waals surface area (Å²) in [6, 6.07) is 15.3. The lowest BCUT2D eigenvalue weighted by molar-refractivity contribution is -0.122. The second-order valence-corrected chi connectivity index (χ2v) is 5.77. The van der Waals surface area contributed by atoms with Gasteiger partial charge in [0.25, 0.3) is 5.91 Å². The first-order valence-corrected chi connectivity index (χ1v) is 7.43. The number of amides is 1. The SMILES string of the molecule is Cc1ccccc1O[C@H](C)C(=O)Nc1cccc(I)c1. The minimum atomic E-state index is -0.547. The number of carbonyl (C=O) groups excluding carboxylic acids is 1. The monoisotopic (exact) mass is 381 g/mol. The van der Waals surface area contributed by atoms with Crippen LogP contribution in [0.15, 0.2) is 48.5 Å². The van der Waals surface area contributed by atoms with Crippen molar-refractivity contribution in [1.29, 1.82) is 0 Å². The number of benzene rings is 2. The molecule has 0 aliphatic heterocycles. The number of hydrogen-bond donors (Lipinski definition) is 1. The van der Waals surface area contributed by atoms with Crippen molar-refractivity contribution in [2.45, 2.75) is 20.0 Å². The van der Waals surface area contributed by atoms with E-state index in [-0.39, 0.29) is 5.91 Å². The summed E-state index contributed by atoms with van der Waals surface area (Å²) in [6.45, 7) is 3.70. The van der Waals surface area contributed by atoms with Gasteiger partial charge < -0.3 is 10.1 Å². The van der Waals surface area contributed by atoms with Crippen molar-refractivity contribution in [2.24, 2.45) is 0 Å². The van der Waals surface area contributed by atoms with Crippen LogP contribution in [0.5, 0.6) is 5.75 Å². The maximum Gasteiger partial charge on any atom is 0.265 e. The first kappa shape index (κ1) is 14.8. The minimum absolute atomic E-state index is 0.157. The molecule has 0 bridgehead atoms. The van der Waals surface area contributed by atoms with E-state index in [0.717, 1.165) is 20.6 Å². The maximum atomic E-state index is 12.1. The van der Waals surface area contributed by atoms with Gasteiger partial charge in [0.1, 0.15) is 5.75 Å². The number of carbonyl (C=O) groups is 1. The summed E-state index contributed by atoms with van der Waals surface area (Å²) < 4.78 is 6.77. The van der Waals surface area contributed by atoms with E-state index in [9.17, 15) is 4.79 Å². The minimum Gasteiger partial charge on any atom is -0.481 e. The smallest absolute Gasteiger partial charge is 0.265 e. The number of ether oxygens (including phenoxy) is 1. The highest BCUT2D eigenvalue weighted by molar-refractivity contribution is 14.1. The molecular formula is C16H16INO2. The van der Waals surface area contributed by atoms with Crippen molar-refractivity contribution >= 4 is 34.2 Å². The number of rotatable bonds is 4. The molecule has 0 aliphatic rings. The van der Waals surface area contributed by atoms with Gasteiger partial charge in [0.15, 0.2) is 6.10 Å². The third kappa shape index (κ3) is 3.96. The van der Waals surface area contributed by atoms with Crippen LogP contribution < -0.4 is 10.1 Å². The maximum absolute atomic E-state index is 12.1. The summed E-state index contributed by atoms with van der Waals surface area (Å²) in [5.74, 6) is 0.577. The molecule has 104 valence electrons. The Bertz CT molecular complexity index is 613. The fraction of sp³-hybridized carbons (Fsp3) is 0.188. The Morgan fingerprint density at radius 1 is 1.20 bits per heavy atom. The molecule has 3 nitrogen and oxygen atoms in total. The van der Waals surface area contributed by atoms with Gasteiger partial charge in [-0.2, -0.15) is 0 Å². The Balaban J connectivity index is 2.01. The molecule has 1 atom stereocenters. The van der Waals surface area contributed by atoms with E-state index in [2.05, 4.69) is 27.9 Å². The van der Waals surface area contributed by atoms with Crippen LogP contribution in [0.3, 0.4) is 0 Å². The number of hydrogen-bond acceptors (Lipinski definition) is 2. The van der Waals surface area contributed by atoms with Gasteiger partial charge in [-0.15, -0.1) is 0 Å². The van der Waals surface area contributed by atoms with Gasteiger partial charge in [-0.25, -0.2) is 0 Å². The van der Waals surface area contributed by atoms with Crippen LogP contribution in [-0.4, -0.2) is 12.0 Å². The second-order valence-electron chi connectivity index (χ2n) is 4.53. The van der Waals surface area contributed by atoms with Crippen molar-refractivity contribution in [2.75, 3.05) is 5.32 Å². The lowest BCUT2D eigenvalue weighted by atomic mass is 10.2. The molecule has 2 rings (SSSR count). The highest BCUT2D eigenvalue weighted by atomic mass is 127. The van der Waals surface area contributed by atoms with Crippen molar-refractivity contribution < 1.29 is 9.53 Å². The number of nitrogens with one attached hydrogen (secondary N) is 1. The average molecular weight is 381 g/mol. The molecule has 1 amide bonds. The average Bonchev–Trinajstić information content (AvgIpc) is 2.41. The molecule has 0 radical (unpaired) electrons. The van der Waals surface area contributed by atoms with Gasteiger partial charge in [-0.3, -0.25) is 4.79 Å². The Labute approximate surface area is 132 Å². The van der Waals surface area contributed by atoms with E-state index >= 15 is 0 Å². The van der Waals surface area contributed by atoms with Gasteiger partial charge in [0, 0.05) is 9.26 Å². The molecule has 0 heterocycles. The molecule has 1 N–H and O–H groups in total. The molecule has 4 heteroatoms. The highest BCUT2D eigenvalue weighted by Gasteiger charge is 2.15. The van der Waals surface area contributed by atoms with Gasteiger partial charge in [0.05, 0.1) is 0 Å². The Kier molecular flexibility index (Phi) is 5.00. The summed E-state index contributed by atoms with van der Waals surface area (Å²) >= 11 is 2.21. The quantitative estimate of drug-likeness (QED) is 0.813. The van der Waals surface area contributed by atoms with Crippen LogP contribution in [-0.2, 0) is 4.79 Å². The van der Waals surface area contributed by atoms with Gasteiger partial charge in [0.2, 0.25) is 0 Å². The third-order valence-corrected chi connectivity index (χ3v) is 3.53. The number of halogens is 1. The molecule has 0 fully saturated rings. The molecule has 0 aromatic heterocycles. The van der Waals surface area contributed by atoms with Crippen molar-refractivity contribution in [3.8, 4) is 5.75 Å². The topological polar surface area (TPSA) is 38.3 Å². The lowest BCUT2D eigenvalue weighted by Gasteiger charge is -2.16. The standard InChI is InChI=1S/C16H16INO2/c1-11-6-3-4-9-15(11)20-12(2)16(19)18-14-8-5-7-13(17)10-14/h3-10,12H,1-2H3,(H,18,19)/t12-/m1/s1. The summed E-state index contributed by atoms with van der Waals surface area (Å²) in [6.07, 6.45) is -0.547. The fourth-order valence-corrected chi connectivity index (χ4v) is 2.29. The normalized spacial score (nSPS) is 11.8. The molecule has 20 heavy (non-hydrogen) atoms. The van der Waals surface area contributed by atoms with E-state index < -0.39 is 6.10 Å². The van der Waals surface area contributed by atoms with Crippen LogP contribution in [0.2, 0.25) is 0 Å². The lowest BCUT2D eigenvalue weighted by Crippen LogP contribution is -2.30. The predicted octanol–water partition coefficient (Wildman–Crippen LogP) is 4.01. The third-order valence-electron chi connectivity index (χ3n) is 2.86. The molecule has 0 spiro atoms. The van der Waals surface area contributed by atoms with Gasteiger partial charge >= 0.3 is 0 Å². The summed E-state index contributed by atoms with van der Waals surface area (Å²) in [5.41, 5.74) is 1.79. The van der Waals surface area contributed by atoms with Crippen molar-refractivity contribution in [3.05, 3.63) is 57.7 Å². The molecular weight excluding hydrogens is 365 g/mol. The number of para-hydroxylation sites is 1. The molecule has 0 saturated carbocycles. The largest absolute Gasteiger partial charge is 0.481 e. The zero-order chi connectivity index (χ0) is 14.5. The zero-order valence-corrected chi connectivity index (χ0v) is 13.5. The second kappa shape index (κ2) is 6.74. The van der Waals surface area contributed by atoms with Crippen LogP contribution in [0.4, 0.5) is 5.69 Å². The first-order chi connectivity index (χ1) is 9.56. The molecule has 2 aromatic carbocycles. The molecule has 0 aliphatic carbocycles.